The topological polar surface area (TPSA) is 70.8 Å². The Bertz CT molecular complexity index is 172. The molecule has 4 N–H and O–H groups in total. The van der Waals surface area contributed by atoms with Crippen LogP contribution in [0.3, 0.4) is 0 Å². The van der Waals surface area contributed by atoms with Crippen molar-refractivity contribution in [2.75, 3.05) is 26.7 Å². The smallest absolute Gasteiger partial charge is 0.129 e. The lowest BCUT2D eigenvalue weighted by Gasteiger charge is -2.09. The Morgan fingerprint density at radius 1 is 1.92 bits per heavy atom. The molecule has 5 heteroatoms. The molecule has 1 rings (SSSR count). The molecule has 1 unspecified atom stereocenters. The number of hydrogen-bond acceptors (Lipinski definition) is 5. The van der Waals surface area contributed by atoms with Crippen LogP contribution < -0.4 is 11.2 Å². The van der Waals surface area contributed by atoms with E-state index in [0.717, 1.165) is 5.76 Å². The first-order chi connectivity index (χ1) is 5.72. The highest BCUT2D eigenvalue weighted by molar-refractivity contribution is 4.98. The summed E-state index contributed by atoms with van der Waals surface area (Å²) < 4.78 is 5.25. The lowest BCUT2D eigenvalue weighted by atomic mass is 10.4. The summed E-state index contributed by atoms with van der Waals surface area (Å²) in [6.07, 6.45) is 1.26. The molecule has 0 aromatic heterocycles. The summed E-state index contributed by atoms with van der Waals surface area (Å²) in [6, 6.07) is 0. The molecular formula is C7H15N3O2. The number of rotatable bonds is 4. The summed E-state index contributed by atoms with van der Waals surface area (Å²) in [5.41, 5.74) is 8.22. The van der Waals surface area contributed by atoms with E-state index in [2.05, 4.69) is 5.43 Å². The minimum absolute atomic E-state index is 0.233. The quantitative estimate of drug-likeness (QED) is 0.488. The minimum Gasteiger partial charge on any atom is -0.492 e. The van der Waals surface area contributed by atoms with E-state index in [1.54, 1.807) is 0 Å². The van der Waals surface area contributed by atoms with Crippen molar-refractivity contribution in [3.8, 4) is 0 Å². The van der Waals surface area contributed by atoms with Crippen LogP contribution in [0.5, 0.6) is 0 Å². The first kappa shape index (κ1) is 9.31. The fraction of sp³-hybridized carbons (Fsp3) is 0.714. The zero-order valence-corrected chi connectivity index (χ0v) is 7.16. The van der Waals surface area contributed by atoms with Crippen LogP contribution in [-0.2, 0) is 4.74 Å². The molecular weight excluding hydrogens is 158 g/mol. The van der Waals surface area contributed by atoms with Crippen LogP contribution in [0, 0.1) is 0 Å². The SMILES string of the molecule is CN1C=C(OCC(O)CN)CN1. The van der Waals surface area contributed by atoms with E-state index >= 15 is 0 Å². The molecule has 0 bridgehead atoms. The second-order valence-corrected chi connectivity index (χ2v) is 2.74. The molecule has 5 nitrogen and oxygen atoms in total. The zero-order chi connectivity index (χ0) is 8.97. The van der Waals surface area contributed by atoms with Gasteiger partial charge in [0, 0.05) is 13.6 Å². The minimum atomic E-state index is -0.572. The van der Waals surface area contributed by atoms with Gasteiger partial charge in [0.1, 0.15) is 18.5 Å². The van der Waals surface area contributed by atoms with Crippen LogP contribution in [0.15, 0.2) is 12.0 Å². The first-order valence-electron chi connectivity index (χ1n) is 3.90. The third-order valence-electron chi connectivity index (χ3n) is 1.57. The van der Waals surface area contributed by atoms with Crippen LogP contribution in [-0.4, -0.2) is 43.0 Å². The average Bonchev–Trinajstić information content (AvgIpc) is 2.47. The number of hydrazine groups is 1. The summed E-state index contributed by atoms with van der Waals surface area (Å²) in [4.78, 5) is 0. The molecule has 0 aromatic rings. The fourth-order valence-electron chi connectivity index (χ4n) is 0.869. The van der Waals surface area contributed by atoms with Gasteiger partial charge < -0.3 is 20.6 Å². The average molecular weight is 173 g/mol. The molecule has 1 aliphatic heterocycles. The lowest BCUT2D eigenvalue weighted by molar-refractivity contribution is 0.0767. The van der Waals surface area contributed by atoms with Crippen LogP contribution >= 0.6 is 0 Å². The number of nitrogens with one attached hydrogen (secondary N) is 1. The van der Waals surface area contributed by atoms with Crippen molar-refractivity contribution in [2.24, 2.45) is 5.73 Å². The molecule has 0 spiro atoms. The van der Waals surface area contributed by atoms with E-state index in [9.17, 15) is 0 Å². The van der Waals surface area contributed by atoms with E-state index in [1.807, 2.05) is 18.3 Å². The summed E-state index contributed by atoms with van der Waals surface area (Å²) in [7, 11) is 1.88. The standard InChI is InChI=1S/C7H15N3O2/c1-10-4-7(3-9-10)12-5-6(11)2-8/h4,6,9,11H,2-3,5,8H2,1H3. The van der Waals surface area contributed by atoms with Gasteiger partial charge in [-0.3, -0.25) is 0 Å². The van der Waals surface area contributed by atoms with E-state index in [0.29, 0.717) is 6.54 Å². The molecule has 0 saturated heterocycles. The fourth-order valence-corrected chi connectivity index (χ4v) is 0.869. The highest BCUT2D eigenvalue weighted by Crippen LogP contribution is 2.03. The second kappa shape index (κ2) is 4.30. The highest BCUT2D eigenvalue weighted by Gasteiger charge is 2.10. The van der Waals surface area contributed by atoms with Gasteiger partial charge in [-0.15, -0.1) is 0 Å². The van der Waals surface area contributed by atoms with E-state index in [4.69, 9.17) is 15.6 Å². The largest absolute Gasteiger partial charge is 0.492 e. The maximum Gasteiger partial charge on any atom is 0.129 e. The predicted molar refractivity (Wildman–Crippen MR) is 44.9 cm³/mol. The van der Waals surface area contributed by atoms with Gasteiger partial charge in [0.25, 0.3) is 0 Å². The van der Waals surface area contributed by atoms with Crippen molar-refractivity contribution < 1.29 is 9.84 Å². The number of nitrogens with zero attached hydrogens (tertiary/aromatic N) is 1. The molecule has 1 atom stereocenters. The Morgan fingerprint density at radius 3 is 3.17 bits per heavy atom. The normalized spacial score (nSPS) is 19.2. The molecule has 1 aliphatic rings. The number of nitrogens with two attached hydrogens (primary N) is 1. The Morgan fingerprint density at radius 2 is 2.67 bits per heavy atom. The van der Waals surface area contributed by atoms with Crippen LogP contribution in [0.2, 0.25) is 0 Å². The number of aliphatic hydroxyl groups excluding tert-OH is 1. The summed E-state index contributed by atoms with van der Waals surface area (Å²) in [6.45, 7) is 1.17. The third-order valence-corrected chi connectivity index (χ3v) is 1.57. The molecule has 1 heterocycles. The van der Waals surface area contributed by atoms with Crippen LogP contribution in [0.1, 0.15) is 0 Å². The Kier molecular flexibility index (Phi) is 3.33. The molecule has 0 amide bonds. The lowest BCUT2D eigenvalue weighted by Crippen LogP contribution is -2.26. The second-order valence-electron chi connectivity index (χ2n) is 2.74. The monoisotopic (exact) mass is 173 g/mol. The van der Waals surface area contributed by atoms with E-state index < -0.39 is 6.10 Å². The molecule has 0 fully saturated rings. The number of hydrogen-bond donors (Lipinski definition) is 3. The van der Waals surface area contributed by atoms with Gasteiger partial charge in [-0.05, 0) is 0 Å². The van der Waals surface area contributed by atoms with Crippen molar-refractivity contribution in [3.63, 3.8) is 0 Å². The van der Waals surface area contributed by atoms with Gasteiger partial charge in [-0.2, -0.15) is 0 Å². The maximum absolute atomic E-state index is 9.07. The third kappa shape index (κ3) is 2.69. The van der Waals surface area contributed by atoms with Crippen molar-refractivity contribution in [2.45, 2.75) is 6.10 Å². The molecule has 0 radical (unpaired) electrons. The molecule has 70 valence electrons. The summed E-state index contributed by atoms with van der Waals surface area (Å²) in [5.74, 6) is 0.824. The Hall–Kier alpha value is -0.780. The highest BCUT2D eigenvalue weighted by atomic mass is 16.5. The van der Waals surface area contributed by atoms with Crippen molar-refractivity contribution in [3.05, 3.63) is 12.0 Å². The van der Waals surface area contributed by atoms with Crippen molar-refractivity contribution in [1.82, 2.24) is 10.4 Å². The van der Waals surface area contributed by atoms with Gasteiger partial charge in [0.05, 0.1) is 12.7 Å². The number of ether oxygens (including phenoxy) is 1. The van der Waals surface area contributed by atoms with Crippen LogP contribution in [0.4, 0.5) is 0 Å². The summed E-state index contributed by atoms with van der Waals surface area (Å²) >= 11 is 0. The maximum atomic E-state index is 9.07. The zero-order valence-electron chi connectivity index (χ0n) is 7.16. The first-order valence-corrected chi connectivity index (χ1v) is 3.90. The summed E-state index contributed by atoms with van der Waals surface area (Å²) in [5, 5.41) is 10.9. The van der Waals surface area contributed by atoms with E-state index in [-0.39, 0.29) is 13.2 Å². The van der Waals surface area contributed by atoms with Gasteiger partial charge >= 0.3 is 0 Å². The van der Waals surface area contributed by atoms with Crippen LogP contribution in [0.25, 0.3) is 0 Å². The molecule has 0 aromatic carbocycles. The Balaban J connectivity index is 2.19. The van der Waals surface area contributed by atoms with Gasteiger partial charge in [0.15, 0.2) is 0 Å². The Labute approximate surface area is 71.8 Å². The molecule has 12 heavy (non-hydrogen) atoms. The van der Waals surface area contributed by atoms with E-state index in [1.165, 1.54) is 0 Å². The molecule has 0 aliphatic carbocycles. The van der Waals surface area contributed by atoms with Gasteiger partial charge in [0.2, 0.25) is 0 Å². The van der Waals surface area contributed by atoms with Crippen molar-refractivity contribution in [1.29, 1.82) is 0 Å². The predicted octanol–water partition coefficient (Wildman–Crippen LogP) is -1.39. The number of aliphatic hydroxyl groups is 1. The van der Waals surface area contributed by atoms with Gasteiger partial charge in [-0.1, -0.05) is 0 Å². The van der Waals surface area contributed by atoms with Gasteiger partial charge in [-0.25, -0.2) is 5.43 Å². The molecule has 0 saturated carbocycles. The van der Waals surface area contributed by atoms with Crippen molar-refractivity contribution >= 4 is 0 Å².